The molecule has 4 rings (SSSR count). The van der Waals surface area contributed by atoms with Gasteiger partial charge in [0.05, 0.1) is 25.1 Å². The van der Waals surface area contributed by atoms with E-state index in [0.717, 1.165) is 41.5 Å². The second-order valence-corrected chi connectivity index (χ2v) is 6.03. The van der Waals surface area contributed by atoms with Gasteiger partial charge >= 0.3 is 0 Å². The third-order valence-corrected chi connectivity index (χ3v) is 4.23. The van der Waals surface area contributed by atoms with Crippen LogP contribution in [-0.4, -0.2) is 40.1 Å². The third-order valence-electron chi connectivity index (χ3n) is 4.23. The van der Waals surface area contributed by atoms with Crippen LogP contribution in [0.25, 0.3) is 5.65 Å². The van der Waals surface area contributed by atoms with Crippen LogP contribution < -0.4 is 14.8 Å². The molecule has 1 aliphatic rings. The fraction of sp³-hybridized carbons (Fsp3) is 0.353. The van der Waals surface area contributed by atoms with Gasteiger partial charge in [-0.15, -0.1) is 10.2 Å². The van der Waals surface area contributed by atoms with Gasteiger partial charge in [-0.2, -0.15) is 9.61 Å². The summed E-state index contributed by atoms with van der Waals surface area (Å²) in [4.78, 5) is 0. The maximum absolute atomic E-state index is 5.90. The summed E-state index contributed by atoms with van der Waals surface area (Å²) in [6, 6.07) is 8.00. The van der Waals surface area contributed by atoms with Crippen molar-refractivity contribution in [3.63, 3.8) is 0 Å². The molecule has 7 heteroatoms. The second kappa shape index (κ2) is 5.99. The van der Waals surface area contributed by atoms with E-state index in [-0.39, 0.29) is 0 Å². The van der Waals surface area contributed by atoms with Crippen molar-refractivity contribution in [2.75, 3.05) is 25.6 Å². The zero-order valence-electron chi connectivity index (χ0n) is 13.7. The van der Waals surface area contributed by atoms with E-state index in [1.165, 1.54) is 5.56 Å². The minimum absolute atomic E-state index is 0.391. The average molecular weight is 325 g/mol. The lowest BCUT2D eigenvalue weighted by molar-refractivity contribution is 0.228. The average Bonchev–Trinajstić information content (AvgIpc) is 3.07. The largest absolute Gasteiger partial charge is 0.497 e. The minimum atomic E-state index is 0.391. The van der Waals surface area contributed by atoms with Gasteiger partial charge in [0.1, 0.15) is 17.8 Å². The number of nitrogens with zero attached hydrogens (tertiary/aromatic N) is 4. The van der Waals surface area contributed by atoms with Crippen LogP contribution in [0, 0.1) is 12.8 Å². The highest BCUT2D eigenvalue weighted by Gasteiger charge is 2.20. The van der Waals surface area contributed by atoms with Crippen LogP contribution in [0.15, 0.2) is 30.6 Å². The first-order valence-corrected chi connectivity index (χ1v) is 7.94. The van der Waals surface area contributed by atoms with E-state index in [2.05, 4.69) is 26.7 Å². The molecule has 1 N–H and O–H groups in total. The summed E-state index contributed by atoms with van der Waals surface area (Å²) in [5.74, 6) is 2.14. The van der Waals surface area contributed by atoms with Gasteiger partial charge in [-0.05, 0) is 31.0 Å². The number of nitrogens with one attached hydrogen (secondary N) is 1. The number of aromatic nitrogens is 4. The molecule has 1 aliphatic heterocycles. The second-order valence-electron chi connectivity index (χ2n) is 6.03. The van der Waals surface area contributed by atoms with Crippen molar-refractivity contribution in [3.05, 3.63) is 41.9 Å². The van der Waals surface area contributed by atoms with Crippen molar-refractivity contribution < 1.29 is 9.47 Å². The number of anilines is 1. The Balaban J connectivity index is 1.47. The number of methoxy groups -OCH3 is 1. The van der Waals surface area contributed by atoms with E-state index < -0.39 is 0 Å². The zero-order chi connectivity index (χ0) is 16.5. The minimum Gasteiger partial charge on any atom is -0.497 e. The Kier molecular flexibility index (Phi) is 3.68. The van der Waals surface area contributed by atoms with Crippen molar-refractivity contribution in [1.29, 1.82) is 0 Å². The number of hydrogen-bond acceptors (Lipinski definition) is 6. The van der Waals surface area contributed by atoms with Crippen molar-refractivity contribution in [2.24, 2.45) is 5.92 Å². The van der Waals surface area contributed by atoms with Gasteiger partial charge in [0.2, 0.25) is 5.65 Å². The van der Waals surface area contributed by atoms with Gasteiger partial charge in [0.15, 0.2) is 0 Å². The first kappa shape index (κ1) is 14.7. The summed E-state index contributed by atoms with van der Waals surface area (Å²) >= 11 is 0. The van der Waals surface area contributed by atoms with Gasteiger partial charge in [-0.25, -0.2) is 0 Å². The maximum atomic E-state index is 5.90. The van der Waals surface area contributed by atoms with Crippen LogP contribution >= 0.6 is 0 Å². The van der Waals surface area contributed by atoms with Gasteiger partial charge in [0.25, 0.3) is 0 Å². The number of benzene rings is 1. The molecular formula is C17H19N5O2. The van der Waals surface area contributed by atoms with E-state index in [9.17, 15) is 0 Å². The Hall–Kier alpha value is -2.83. The summed E-state index contributed by atoms with van der Waals surface area (Å²) in [7, 11) is 1.67. The predicted octanol–water partition coefficient (Wildman–Crippen LogP) is 2.10. The molecule has 24 heavy (non-hydrogen) atoms. The smallest absolute Gasteiger partial charge is 0.200 e. The highest BCUT2D eigenvalue weighted by Crippen LogP contribution is 2.31. The molecule has 1 unspecified atom stereocenters. The van der Waals surface area contributed by atoms with Gasteiger partial charge in [-0.3, -0.25) is 0 Å². The lowest BCUT2D eigenvalue weighted by atomic mass is 9.96. The van der Waals surface area contributed by atoms with Crippen molar-refractivity contribution in [3.8, 4) is 11.5 Å². The van der Waals surface area contributed by atoms with Crippen molar-refractivity contribution in [1.82, 2.24) is 19.8 Å². The monoisotopic (exact) mass is 325 g/mol. The van der Waals surface area contributed by atoms with Crippen molar-refractivity contribution >= 4 is 11.3 Å². The molecule has 0 saturated heterocycles. The predicted molar refractivity (Wildman–Crippen MR) is 89.7 cm³/mol. The topological polar surface area (TPSA) is 73.6 Å². The van der Waals surface area contributed by atoms with Gasteiger partial charge in [-0.1, -0.05) is 6.07 Å². The van der Waals surface area contributed by atoms with E-state index in [1.54, 1.807) is 18.0 Å². The van der Waals surface area contributed by atoms with Crippen molar-refractivity contribution in [2.45, 2.75) is 13.3 Å². The van der Waals surface area contributed by atoms with Gasteiger partial charge < -0.3 is 14.8 Å². The number of rotatable bonds is 4. The molecule has 2 aromatic heterocycles. The molecular weight excluding hydrogens is 306 g/mol. The van der Waals surface area contributed by atoms with Crippen LogP contribution in [-0.2, 0) is 6.42 Å². The van der Waals surface area contributed by atoms with Crippen LogP contribution in [0.5, 0.6) is 11.5 Å². The lowest BCUT2D eigenvalue weighted by Gasteiger charge is -2.26. The first-order valence-electron chi connectivity index (χ1n) is 7.94. The quantitative estimate of drug-likeness (QED) is 0.792. The molecule has 0 bridgehead atoms. The van der Waals surface area contributed by atoms with Crippen LogP contribution in [0.4, 0.5) is 5.69 Å². The Morgan fingerprint density at radius 1 is 1.38 bits per heavy atom. The Morgan fingerprint density at radius 3 is 3.17 bits per heavy atom. The number of fused-ring (bicyclic) bond motifs is 2. The fourth-order valence-corrected chi connectivity index (χ4v) is 3.01. The summed E-state index contributed by atoms with van der Waals surface area (Å²) in [6.07, 6.45) is 2.58. The number of aryl methyl sites for hydroxylation is 1. The van der Waals surface area contributed by atoms with E-state index in [1.807, 2.05) is 25.1 Å². The van der Waals surface area contributed by atoms with Crippen LogP contribution in [0.3, 0.4) is 0 Å². The standard InChI is InChI=1S/C17H19N5O2/c1-11-5-15(17-20-19-10-22(17)21-11)18-8-12-6-13-3-4-14(23-2)7-16(13)24-9-12/h3-5,7,10,12,18H,6,8-9H2,1-2H3. The molecule has 3 aromatic rings. The molecule has 0 spiro atoms. The molecule has 3 heterocycles. The summed E-state index contributed by atoms with van der Waals surface area (Å²) in [5.41, 5.74) is 3.82. The van der Waals surface area contributed by atoms with Gasteiger partial charge in [0, 0.05) is 18.5 Å². The summed E-state index contributed by atoms with van der Waals surface area (Å²) < 4.78 is 12.8. The lowest BCUT2D eigenvalue weighted by Crippen LogP contribution is -2.27. The molecule has 0 radical (unpaired) electrons. The normalized spacial score (nSPS) is 16.5. The Labute approximate surface area is 139 Å². The van der Waals surface area contributed by atoms with E-state index in [0.29, 0.717) is 12.5 Å². The molecule has 0 aliphatic carbocycles. The summed E-state index contributed by atoms with van der Waals surface area (Å²) in [5, 5.41) is 15.9. The number of ether oxygens (including phenoxy) is 2. The number of hydrogen-bond donors (Lipinski definition) is 1. The Morgan fingerprint density at radius 2 is 2.29 bits per heavy atom. The molecule has 0 saturated carbocycles. The fourth-order valence-electron chi connectivity index (χ4n) is 3.01. The van der Waals surface area contributed by atoms with E-state index >= 15 is 0 Å². The highest BCUT2D eigenvalue weighted by molar-refractivity contribution is 5.66. The third kappa shape index (κ3) is 2.73. The molecule has 7 nitrogen and oxygen atoms in total. The molecule has 1 aromatic carbocycles. The summed E-state index contributed by atoms with van der Waals surface area (Å²) in [6.45, 7) is 3.44. The van der Waals surface area contributed by atoms with Crippen LogP contribution in [0.1, 0.15) is 11.3 Å². The maximum Gasteiger partial charge on any atom is 0.200 e. The molecule has 0 amide bonds. The zero-order valence-corrected chi connectivity index (χ0v) is 13.7. The first-order chi connectivity index (χ1) is 11.7. The molecule has 124 valence electrons. The Bertz CT molecular complexity index is 877. The van der Waals surface area contributed by atoms with E-state index in [4.69, 9.17) is 9.47 Å². The molecule has 1 atom stereocenters. The highest BCUT2D eigenvalue weighted by atomic mass is 16.5. The SMILES string of the molecule is COc1ccc2c(c1)OCC(CNc1cc(C)nn3cnnc13)C2. The van der Waals surface area contributed by atoms with Crippen LogP contribution in [0.2, 0.25) is 0 Å². The molecule has 0 fully saturated rings.